The third-order valence-corrected chi connectivity index (χ3v) is 8.83. The van der Waals surface area contributed by atoms with Crippen LogP contribution in [0, 0.1) is 13.8 Å². The molecule has 0 N–H and O–H groups in total. The van der Waals surface area contributed by atoms with Gasteiger partial charge in [-0.25, -0.2) is 0 Å². The topological polar surface area (TPSA) is 0 Å². The van der Waals surface area contributed by atoms with E-state index in [1.165, 1.54) is 56.1 Å². The molecule has 4 rings (SSSR count). The summed E-state index contributed by atoms with van der Waals surface area (Å²) in [6, 6.07) is 18.8. The highest BCUT2D eigenvalue weighted by molar-refractivity contribution is 7.73. The summed E-state index contributed by atoms with van der Waals surface area (Å²) in [6.07, 6.45) is 9.69. The van der Waals surface area contributed by atoms with Gasteiger partial charge in [0.05, 0.1) is 0 Å². The average Bonchev–Trinajstić information content (AvgIpc) is 2.65. The quantitative estimate of drug-likeness (QED) is 0.460. The zero-order valence-corrected chi connectivity index (χ0v) is 16.5. The van der Waals surface area contributed by atoms with E-state index >= 15 is 0 Å². The molecule has 1 unspecified atom stereocenters. The predicted molar refractivity (Wildman–Crippen MR) is 112 cm³/mol. The minimum absolute atomic E-state index is 0.295. The minimum Gasteiger partial charge on any atom is -0.0703 e. The van der Waals surface area contributed by atoms with E-state index in [-0.39, 0.29) is 7.92 Å². The van der Waals surface area contributed by atoms with Crippen LogP contribution in [-0.4, -0.2) is 5.66 Å². The van der Waals surface area contributed by atoms with Gasteiger partial charge in [-0.2, -0.15) is 0 Å². The smallest absolute Gasteiger partial charge is 0.00836 e. The van der Waals surface area contributed by atoms with Crippen LogP contribution in [0.2, 0.25) is 0 Å². The average molecular weight is 348 g/mol. The fraction of sp³-hybridized carbons (Fsp3) is 0.417. The molecule has 0 nitrogen and oxygen atoms in total. The van der Waals surface area contributed by atoms with Gasteiger partial charge in [0.15, 0.2) is 0 Å². The maximum atomic E-state index is 2.40. The fourth-order valence-corrected chi connectivity index (χ4v) is 7.59. The van der Waals surface area contributed by atoms with Crippen LogP contribution in [0.1, 0.15) is 56.1 Å². The molecule has 0 aromatic heterocycles. The van der Waals surface area contributed by atoms with Crippen molar-refractivity contribution in [2.45, 2.75) is 64.5 Å². The second-order valence-corrected chi connectivity index (χ2v) is 10.2. The molecule has 1 atom stereocenters. The lowest BCUT2D eigenvalue weighted by Crippen LogP contribution is -2.27. The van der Waals surface area contributed by atoms with E-state index in [4.69, 9.17) is 0 Å². The van der Waals surface area contributed by atoms with Gasteiger partial charge in [0.1, 0.15) is 0 Å². The van der Waals surface area contributed by atoms with Crippen molar-refractivity contribution >= 4 is 18.5 Å². The van der Waals surface area contributed by atoms with Crippen LogP contribution in [0.4, 0.5) is 0 Å². The standard InChI is InChI=1S/C24H29P/c1-18-10-14-21(15-11-18)25(22-16-12-19(2)13-17-22)24-9-5-7-20-6-3-4-8-23(20)24/h10-17,24H,3-9H2,1-2H3. The van der Waals surface area contributed by atoms with Crippen molar-refractivity contribution in [3.05, 3.63) is 70.8 Å². The van der Waals surface area contributed by atoms with E-state index in [1.54, 1.807) is 10.6 Å². The Bertz CT molecular complexity index is 702. The maximum Gasteiger partial charge on any atom is 0.00836 e. The lowest BCUT2D eigenvalue weighted by atomic mass is 9.82. The van der Waals surface area contributed by atoms with Gasteiger partial charge in [0.25, 0.3) is 0 Å². The van der Waals surface area contributed by atoms with Crippen molar-refractivity contribution in [2.75, 3.05) is 0 Å². The van der Waals surface area contributed by atoms with E-state index in [9.17, 15) is 0 Å². The normalized spacial score (nSPS) is 20.7. The van der Waals surface area contributed by atoms with Crippen LogP contribution in [0.3, 0.4) is 0 Å². The van der Waals surface area contributed by atoms with Gasteiger partial charge in [-0.05, 0) is 77.3 Å². The molecule has 2 aliphatic rings. The molecule has 1 heteroatoms. The van der Waals surface area contributed by atoms with Gasteiger partial charge in [0.2, 0.25) is 0 Å². The summed E-state index contributed by atoms with van der Waals surface area (Å²) < 4.78 is 0. The second kappa shape index (κ2) is 7.46. The first-order valence-electron chi connectivity index (χ1n) is 9.86. The first-order chi connectivity index (χ1) is 12.2. The van der Waals surface area contributed by atoms with Crippen molar-refractivity contribution in [1.29, 1.82) is 0 Å². The first-order valence-corrected chi connectivity index (χ1v) is 11.3. The minimum atomic E-state index is -0.295. The van der Waals surface area contributed by atoms with E-state index in [0.717, 1.165) is 5.66 Å². The molecule has 2 aromatic rings. The Kier molecular flexibility index (Phi) is 5.09. The van der Waals surface area contributed by atoms with Crippen molar-refractivity contribution in [3.8, 4) is 0 Å². The number of benzene rings is 2. The molecule has 2 aliphatic carbocycles. The van der Waals surface area contributed by atoms with Gasteiger partial charge < -0.3 is 0 Å². The van der Waals surface area contributed by atoms with E-state index in [2.05, 4.69) is 62.4 Å². The summed E-state index contributed by atoms with van der Waals surface area (Å²) in [5.74, 6) is 0. The van der Waals surface area contributed by atoms with Gasteiger partial charge in [-0.3, -0.25) is 0 Å². The zero-order chi connectivity index (χ0) is 17.2. The Hall–Kier alpha value is -1.39. The molecule has 0 aliphatic heterocycles. The molecule has 0 bridgehead atoms. The Labute approximate surface area is 154 Å². The Balaban J connectivity index is 1.79. The summed E-state index contributed by atoms with van der Waals surface area (Å²) in [7, 11) is -0.295. The molecular weight excluding hydrogens is 319 g/mol. The summed E-state index contributed by atoms with van der Waals surface area (Å²) >= 11 is 0. The SMILES string of the molecule is Cc1ccc(P(c2ccc(C)cc2)C2CCCC3=C2CCCC3)cc1. The molecule has 130 valence electrons. The third kappa shape index (κ3) is 3.61. The van der Waals surface area contributed by atoms with Gasteiger partial charge >= 0.3 is 0 Å². The van der Waals surface area contributed by atoms with Crippen LogP contribution in [0.25, 0.3) is 0 Å². The lowest BCUT2D eigenvalue weighted by Gasteiger charge is -2.37. The monoisotopic (exact) mass is 348 g/mol. The van der Waals surface area contributed by atoms with E-state index in [1.807, 2.05) is 11.1 Å². The molecule has 0 saturated carbocycles. The summed E-state index contributed by atoms with van der Waals surface area (Å²) in [6.45, 7) is 4.39. The molecule has 25 heavy (non-hydrogen) atoms. The van der Waals surface area contributed by atoms with Gasteiger partial charge in [-0.1, -0.05) is 70.8 Å². The molecule has 0 radical (unpaired) electrons. The van der Waals surface area contributed by atoms with Crippen molar-refractivity contribution in [1.82, 2.24) is 0 Å². The maximum absolute atomic E-state index is 2.40. The molecule has 0 heterocycles. The number of hydrogen-bond acceptors (Lipinski definition) is 0. The zero-order valence-electron chi connectivity index (χ0n) is 15.6. The van der Waals surface area contributed by atoms with Crippen LogP contribution in [0.5, 0.6) is 0 Å². The number of hydrogen-bond donors (Lipinski definition) is 0. The number of aryl methyl sites for hydroxylation is 2. The molecule has 0 spiro atoms. The highest BCUT2D eigenvalue weighted by atomic mass is 31.1. The van der Waals surface area contributed by atoms with Gasteiger partial charge in [-0.15, -0.1) is 0 Å². The van der Waals surface area contributed by atoms with Crippen LogP contribution >= 0.6 is 7.92 Å². The predicted octanol–water partition coefficient (Wildman–Crippen LogP) is 6.16. The highest BCUT2D eigenvalue weighted by Gasteiger charge is 2.32. The van der Waals surface area contributed by atoms with Crippen molar-refractivity contribution in [2.24, 2.45) is 0 Å². The van der Waals surface area contributed by atoms with E-state index in [0.29, 0.717) is 0 Å². The first kappa shape index (κ1) is 17.0. The summed E-state index contributed by atoms with van der Waals surface area (Å²) in [5, 5.41) is 3.13. The van der Waals surface area contributed by atoms with E-state index < -0.39 is 0 Å². The van der Waals surface area contributed by atoms with Crippen LogP contribution < -0.4 is 10.6 Å². The highest BCUT2D eigenvalue weighted by Crippen LogP contribution is 2.51. The Morgan fingerprint density at radius 3 is 1.80 bits per heavy atom. The molecule has 0 saturated heterocycles. The van der Waals surface area contributed by atoms with Crippen LogP contribution in [0.15, 0.2) is 59.7 Å². The number of rotatable bonds is 3. The molecule has 0 amide bonds. The lowest BCUT2D eigenvalue weighted by molar-refractivity contribution is 0.563. The van der Waals surface area contributed by atoms with Crippen molar-refractivity contribution in [3.63, 3.8) is 0 Å². The molecule has 2 aromatic carbocycles. The number of allylic oxidation sites excluding steroid dienone is 2. The Morgan fingerprint density at radius 2 is 1.20 bits per heavy atom. The van der Waals surface area contributed by atoms with Crippen LogP contribution in [-0.2, 0) is 0 Å². The summed E-state index contributed by atoms with van der Waals surface area (Å²) in [4.78, 5) is 0. The fourth-order valence-electron chi connectivity index (χ4n) is 4.57. The molecular formula is C24H29P. The largest absolute Gasteiger partial charge is 0.0703 e. The third-order valence-electron chi connectivity index (χ3n) is 5.92. The van der Waals surface area contributed by atoms with Crippen molar-refractivity contribution < 1.29 is 0 Å². The Morgan fingerprint density at radius 1 is 0.680 bits per heavy atom. The second-order valence-electron chi connectivity index (χ2n) is 7.79. The molecule has 0 fully saturated rings. The summed E-state index contributed by atoms with van der Waals surface area (Å²) in [5.41, 5.74) is 7.18. The van der Waals surface area contributed by atoms with Gasteiger partial charge in [0, 0.05) is 5.66 Å².